The van der Waals surface area contributed by atoms with E-state index >= 15 is 0 Å². The molecule has 0 atom stereocenters. The highest BCUT2D eigenvalue weighted by Crippen LogP contribution is 2.19. The van der Waals surface area contributed by atoms with Crippen LogP contribution in [0.15, 0.2) is 60.2 Å². The van der Waals surface area contributed by atoms with E-state index in [9.17, 15) is 9.59 Å². The van der Waals surface area contributed by atoms with Crippen LogP contribution in [0.4, 0.5) is 5.69 Å². The van der Waals surface area contributed by atoms with E-state index in [1.165, 1.54) is 18.4 Å². The number of benzene rings is 2. The SMILES string of the molecule is N#Cc1ccccc1NC(=O)c1cccc(C(=O)NCCC2=CCCCC2)c1. The Morgan fingerprint density at radius 3 is 2.54 bits per heavy atom. The van der Waals surface area contributed by atoms with Crippen LogP contribution in [-0.2, 0) is 0 Å². The smallest absolute Gasteiger partial charge is 0.255 e. The first-order valence-corrected chi connectivity index (χ1v) is 9.54. The number of hydrogen-bond acceptors (Lipinski definition) is 3. The van der Waals surface area contributed by atoms with Crippen molar-refractivity contribution < 1.29 is 9.59 Å². The maximum absolute atomic E-state index is 12.5. The van der Waals surface area contributed by atoms with Gasteiger partial charge in [0.15, 0.2) is 0 Å². The second-order valence-electron chi connectivity index (χ2n) is 6.81. The number of rotatable bonds is 6. The summed E-state index contributed by atoms with van der Waals surface area (Å²) in [6, 6.07) is 15.4. The molecule has 0 heterocycles. The molecule has 0 spiro atoms. The molecule has 142 valence electrons. The minimum absolute atomic E-state index is 0.191. The third kappa shape index (κ3) is 5.08. The van der Waals surface area contributed by atoms with Gasteiger partial charge < -0.3 is 10.6 Å². The molecule has 1 aliphatic carbocycles. The zero-order chi connectivity index (χ0) is 19.8. The molecule has 0 saturated heterocycles. The molecule has 0 radical (unpaired) electrons. The molecule has 0 aromatic heterocycles. The van der Waals surface area contributed by atoms with Crippen molar-refractivity contribution in [2.45, 2.75) is 32.1 Å². The number of allylic oxidation sites excluding steroid dienone is 1. The van der Waals surface area contributed by atoms with Gasteiger partial charge in [0, 0.05) is 17.7 Å². The van der Waals surface area contributed by atoms with Crippen molar-refractivity contribution in [3.63, 3.8) is 0 Å². The summed E-state index contributed by atoms with van der Waals surface area (Å²) in [5, 5.41) is 14.8. The summed E-state index contributed by atoms with van der Waals surface area (Å²) < 4.78 is 0. The van der Waals surface area contributed by atoms with E-state index < -0.39 is 0 Å². The summed E-state index contributed by atoms with van der Waals surface area (Å²) in [5.74, 6) is -0.548. The van der Waals surface area contributed by atoms with Crippen molar-refractivity contribution in [2.75, 3.05) is 11.9 Å². The lowest BCUT2D eigenvalue weighted by molar-refractivity contribution is 0.0954. The number of amides is 2. The molecular formula is C23H23N3O2. The molecule has 28 heavy (non-hydrogen) atoms. The number of carbonyl (C=O) groups excluding carboxylic acids is 2. The van der Waals surface area contributed by atoms with Gasteiger partial charge in [0.25, 0.3) is 11.8 Å². The van der Waals surface area contributed by atoms with Crippen molar-refractivity contribution >= 4 is 17.5 Å². The lowest BCUT2D eigenvalue weighted by Gasteiger charge is -2.13. The molecule has 0 bridgehead atoms. The minimum atomic E-state index is -0.357. The monoisotopic (exact) mass is 373 g/mol. The van der Waals surface area contributed by atoms with Gasteiger partial charge in [0.1, 0.15) is 6.07 Å². The molecule has 0 fully saturated rings. The Kier molecular flexibility index (Phi) is 6.59. The molecule has 1 aliphatic rings. The average molecular weight is 373 g/mol. The Bertz CT molecular complexity index is 941. The van der Waals surface area contributed by atoms with Crippen LogP contribution in [0.2, 0.25) is 0 Å². The number of nitrogens with one attached hydrogen (secondary N) is 2. The van der Waals surface area contributed by atoms with E-state index in [1.54, 1.807) is 48.5 Å². The van der Waals surface area contributed by atoms with Crippen molar-refractivity contribution in [2.24, 2.45) is 0 Å². The van der Waals surface area contributed by atoms with Crippen LogP contribution in [0, 0.1) is 11.3 Å². The van der Waals surface area contributed by atoms with Gasteiger partial charge in [-0.15, -0.1) is 0 Å². The van der Waals surface area contributed by atoms with Crippen LogP contribution in [0.1, 0.15) is 58.4 Å². The van der Waals surface area contributed by atoms with Crippen molar-refractivity contribution in [3.8, 4) is 6.07 Å². The molecule has 0 aliphatic heterocycles. The van der Waals surface area contributed by atoms with Gasteiger partial charge in [0.2, 0.25) is 0 Å². The highest BCUT2D eigenvalue weighted by Gasteiger charge is 2.12. The van der Waals surface area contributed by atoms with Gasteiger partial charge in [-0.25, -0.2) is 0 Å². The summed E-state index contributed by atoms with van der Waals surface area (Å²) in [5.41, 5.74) is 3.07. The van der Waals surface area contributed by atoms with Gasteiger partial charge in [0.05, 0.1) is 11.3 Å². The second-order valence-corrected chi connectivity index (χ2v) is 6.81. The zero-order valence-corrected chi connectivity index (χ0v) is 15.7. The summed E-state index contributed by atoms with van der Waals surface area (Å²) in [7, 11) is 0. The number of para-hydroxylation sites is 1. The minimum Gasteiger partial charge on any atom is -0.352 e. The number of carbonyl (C=O) groups is 2. The Morgan fingerprint density at radius 1 is 1.00 bits per heavy atom. The van der Waals surface area contributed by atoms with Gasteiger partial charge in [-0.05, 0) is 62.4 Å². The molecule has 2 aromatic rings. The van der Waals surface area contributed by atoms with E-state index in [0.29, 0.717) is 28.9 Å². The van der Waals surface area contributed by atoms with Gasteiger partial charge >= 0.3 is 0 Å². The average Bonchev–Trinajstić information content (AvgIpc) is 2.75. The fourth-order valence-corrected chi connectivity index (χ4v) is 3.26. The maximum Gasteiger partial charge on any atom is 0.255 e. The van der Waals surface area contributed by atoms with E-state index in [2.05, 4.69) is 16.7 Å². The fraction of sp³-hybridized carbons (Fsp3) is 0.261. The number of anilines is 1. The Morgan fingerprint density at radius 2 is 1.79 bits per heavy atom. The van der Waals surface area contributed by atoms with Crippen LogP contribution >= 0.6 is 0 Å². The van der Waals surface area contributed by atoms with Crippen LogP contribution in [0.5, 0.6) is 0 Å². The zero-order valence-electron chi connectivity index (χ0n) is 15.7. The lowest BCUT2D eigenvalue weighted by Crippen LogP contribution is -2.25. The molecule has 2 N–H and O–H groups in total. The predicted molar refractivity (Wildman–Crippen MR) is 109 cm³/mol. The highest BCUT2D eigenvalue weighted by molar-refractivity contribution is 6.06. The normalized spacial score (nSPS) is 13.2. The molecule has 0 unspecified atom stereocenters. The highest BCUT2D eigenvalue weighted by atomic mass is 16.2. The molecule has 2 aromatic carbocycles. The Balaban J connectivity index is 1.61. The maximum atomic E-state index is 12.5. The lowest BCUT2D eigenvalue weighted by atomic mass is 9.97. The van der Waals surface area contributed by atoms with Crippen molar-refractivity contribution in [1.29, 1.82) is 5.26 Å². The largest absolute Gasteiger partial charge is 0.352 e. The number of nitriles is 1. The third-order valence-electron chi connectivity index (χ3n) is 4.80. The molecule has 5 heteroatoms. The van der Waals surface area contributed by atoms with Crippen LogP contribution in [0.3, 0.4) is 0 Å². The van der Waals surface area contributed by atoms with Gasteiger partial charge in [-0.3, -0.25) is 9.59 Å². The van der Waals surface area contributed by atoms with Gasteiger partial charge in [-0.1, -0.05) is 29.8 Å². The van der Waals surface area contributed by atoms with E-state index in [4.69, 9.17) is 5.26 Å². The standard InChI is InChI=1S/C23H23N3O2/c24-16-20-9-4-5-12-21(20)26-23(28)19-11-6-10-18(15-19)22(27)25-14-13-17-7-2-1-3-8-17/h4-7,9-12,15H,1-3,8,13-14H2,(H,25,27)(H,26,28). The number of nitrogens with zero attached hydrogens (tertiary/aromatic N) is 1. The molecule has 0 saturated carbocycles. The first-order valence-electron chi connectivity index (χ1n) is 9.54. The first kappa shape index (κ1) is 19.4. The van der Waals surface area contributed by atoms with Crippen molar-refractivity contribution in [1.82, 2.24) is 5.32 Å². The second kappa shape index (κ2) is 9.52. The van der Waals surface area contributed by atoms with Gasteiger partial charge in [-0.2, -0.15) is 5.26 Å². The van der Waals surface area contributed by atoms with Crippen LogP contribution in [-0.4, -0.2) is 18.4 Å². The summed E-state index contributed by atoms with van der Waals surface area (Å²) >= 11 is 0. The summed E-state index contributed by atoms with van der Waals surface area (Å²) in [6.45, 7) is 0.594. The Labute approximate surface area is 165 Å². The predicted octanol–water partition coefficient (Wildman–Crippen LogP) is 4.43. The van der Waals surface area contributed by atoms with Crippen LogP contribution < -0.4 is 10.6 Å². The molecular weight excluding hydrogens is 350 g/mol. The van der Waals surface area contributed by atoms with Crippen LogP contribution in [0.25, 0.3) is 0 Å². The number of hydrogen-bond donors (Lipinski definition) is 2. The van der Waals surface area contributed by atoms with Crippen molar-refractivity contribution in [3.05, 3.63) is 76.9 Å². The topological polar surface area (TPSA) is 82.0 Å². The van der Waals surface area contributed by atoms with E-state index in [1.807, 2.05) is 6.07 Å². The van der Waals surface area contributed by atoms with E-state index in [0.717, 1.165) is 19.3 Å². The Hall–Kier alpha value is -3.39. The third-order valence-corrected chi connectivity index (χ3v) is 4.80. The first-order chi connectivity index (χ1) is 13.7. The fourth-order valence-electron chi connectivity index (χ4n) is 3.26. The summed E-state index contributed by atoms with van der Waals surface area (Å²) in [4.78, 5) is 24.9. The van der Waals surface area contributed by atoms with E-state index in [-0.39, 0.29) is 11.8 Å². The quantitative estimate of drug-likeness (QED) is 0.735. The molecule has 2 amide bonds. The molecule has 5 nitrogen and oxygen atoms in total. The molecule has 3 rings (SSSR count). The summed E-state index contributed by atoms with van der Waals surface area (Å²) in [6.07, 6.45) is 7.89.